The highest BCUT2D eigenvalue weighted by Gasteiger charge is 2.20. The molecule has 2 aromatic heterocycles. The monoisotopic (exact) mass is 511 g/mol. The SMILES string of the molecule is O=C(Nc1cnc(-n2nccn2)c(Cl)c1)c1cc(F)c(-c2ccc(F)cc2OC(F)F)cc1Cl. The molecule has 0 aliphatic carbocycles. The van der Waals surface area contributed by atoms with E-state index in [4.69, 9.17) is 23.2 Å². The number of pyridine rings is 1. The van der Waals surface area contributed by atoms with Crippen LogP contribution in [0.3, 0.4) is 0 Å². The van der Waals surface area contributed by atoms with E-state index < -0.39 is 29.9 Å². The number of nitrogens with one attached hydrogen (secondary N) is 1. The van der Waals surface area contributed by atoms with Gasteiger partial charge in [-0.25, -0.2) is 13.8 Å². The van der Waals surface area contributed by atoms with Crippen LogP contribution in [0.4, 0.5) is 23.2 Å². The van der Waals surface area contributed by atoms with E-state index in [9.17, 15) is 22.4 Å². The molecule has 174 valence electrons. The number of benzene rings is 2. The summed E-state index contributed by atoms with van der Waals surface area (Å²) in [4.78, 5) is 17.9. The summed E-state index contributed by atoms with van der Waals surface area (Å²) in [5.74, 6) is -2.99. The normalized spacial score (nSPS) is 11.0. The second kappa shape index (κ2) is 9.65. The van der Waals surface area contributed by atoms with E-state index in [1.807, 2.05) is 0 Å². The van der Waals surface area contributed by atoms with E-state index in [1.54, 1.807) is 0 Å². The van der Waals surface area contributed by atoms with Gasteiger partial charge >= 0.3 is 6.61 Å². The first kappa shape index (κ1) is 23.5. The summed E-state index contributed by atoms with van der Waals surface area (Å²) in [6.45, 7) is -3.26. The molecule has 1 amide bonds. The van der Waals surface area contributed by atoms with E-state index in [-0.39, 0.29) is 38.2 Å². The summed E-state index contributed by atoms with van der Waals surface area (Å²) in [6.07, 6.45) is 4.15. The van der Waals surface area contributed by atoms with Crippen LogP contribution >= 0.6 is 23.2 Å². The van der Waals surface area contributed by atoms with Gasteiger partial charge in [0.05, 0.1) is 39.9 Å². The molecule has 4 aromatic rings. The van der Waals surface area contributed by atoms with E-state index in [0.717, 1.165) is 24.3 Å². The van der Waals surface area contributed by atoms with Gasteiger partial charge in [0.15, 0.2) is 5.82 Å². The van der Waals surface area contributed by atoms with Crippen LogP contribution in [-0.4, -0.2) is 32.5 Å². The fourth-order valence-electron chi connectivity index (χ4n) is 3.01. The molecule has 4 rings (SSSR count). The Kier molecular flexibility index (Phi) is 6.66. The Morgan fingerprint density at radius 2 is 1.74 bits per heavy atom. The first-order valence-electron chi connectivity index (χ1n) is 9.30. The molecule has 0 radical (unpaired) electrons. The molecular weight excluding hydrogens is 501 g/mol. The lowest BCUT2D eigenvalue weighted by Gasteiger charge is -2.14. The van der Waals surface area contributed by atoms with Crippen molar-refractivity contribution < 1.29 is 27.1 Å². The van der Waals surface area contributed by atoms with Gasteiger partial charge in [-0.3, -0.25) is 4.79 Å². The average molecular weight is 512 g/mol. The van der Waals surface area contributed by atoms with Crippen molar-refractivity contribution >= 4 is 34.8 Å². The van der Waals surface area contributed by atoms with E-state index in [1.165, 1.54) is 29.5 Å². The Labute approximate surface area is 198 Å². The predicted octanol–water partition coefficient (Wildman–Crippen LogP) is 5.77. The van der Waals surface area contributed by atoms with Gasteiger partial charge in [-0.05, 0) is 30.3 Å². The molecule has 2 aromatic carbocycles. The Morgan fingerprint density at radius 1 is 1.00 bits per heavy atom. The first-order valence-corrected chi connectivity index (χ1v) is 10.1. The number of anilines is 1. The smallest absolute Gasteiger partial charge is 0.387 e. The molecule has 0 saturated carbocycles. The number of aromatic nitrogens is 4. The average Bonchev–Trinajstić information content (AvgIpc) is 3.29. The van der Waals surface area contributed by atoms with Crippen LogP contribution in [-0.2, 0) is 0 Å². The van der Waals surface area contributed by atoms with Crippen LogP contribution in [0.5, 0.6) is 5.75 Å². The number of nitrogens with zero attached hydrogens (tertiary/aromatic N) is 4. The Bertz CT molecular complexity index is 1370. The van der Waals surface area contributed by atoms with E-state index in [0.29, 0.717) is 6.07 Å². The van der Waals surface area contributed by atoms with Gasteiger partial charge in [0.25, 0.3) is 5.91 Å². The van der Waals surface area contributed by atoms with Crippen molar-refractivity contribution in [1.82, 2.24) is 20.0 Å². The highest BCUT2D eigenvalue weighted by Crippen LogP contribution is 2.36. The van der Waals surface area contributed by atoms with Crippen molar-refractivity contribution in [2.45, 2.75) is 6.61 Å². The molecule has 0 fully saturated rings. The molecule has 2 heterocycles. The molecule has 0 spiro atoms. The fourth-order valence-corrected chi connectivity index (χ4v) is 3.50. The van der Waals surface area contributed by atoms with Crippen LogP contribution in [0, 0.1) is 11.6 Å². The topological polar surface area (TPSA) is 81.9 Å². The number of rotatable bonds is 6. The maximum absolute atomic E-state index is 14.9. The Balaban J connectivity index is 1.62. The molecular formula is C21H11Cl2F4N5O2. The van der Waals surface area contributed by atoms with Crippen molar-refractivity contribution in [3.8, 4) is 22.7 Å². The highest BCUT2D eigenvalue weighted by molar-refractivity contribution is 6.35. The second-order valence-corrected chi connectivity index (χ2v) is 7.45. The summed E-state index contributed by atoms with van der Waals surface area (Å²) in [5.41, 5.74) is -0.516. The molecule has 0 saturated heterocycles. The van der Waals surface area contributed by atoms with Crippen molar-refractivity contribution in [2.24, 2.45) is 0 Å². The van der Waals surface area contributed by atoms with Crippen LogP contribution in [0.2, 0.25) is 10.0 Å². The third-order valence-electron chi connectivity index (χ3n) is 4.44. The summed E-state index contributed by atoms with van der Waals surface area (Å²) >= 11 is 12.3. The van der Waals surface area contributed by atoms with E-state index >= 15 is 0 Å². The molecule has 0 aliphatic heterocycles. The first-order chi connectivity index (χ1) is 16.2. The Hall–Kier alpha value is -3.70. The van der Waals surface area contributed by atoms with Gasteiger partial charge in [-0.2, -0.15) is 19.0 Å². The number of halogens is 6. The van der Waals surface area contributed by atoms with Crippen molar-refractivity contribution in [3.05, 3.63) is 82.2 Å². The number of ether oxygens (including phenoxy) is 1. The lowest BCUT2D eigenvalue weighted by molar-refractivity contribution is -0.0496. The summed E-state index contributed by atoms with van der Waals surface area (Å²) in [7, 11) is 0. The maximum atomic E-state index is 14.9. The standard InChI is InChI=1S/C21H11Cl2F4N5O2/c22-15-7-13(12-2-1-10(24)5-18(12)34-21(26)27)17(25)8-14(15)20(33)31-11-6-16(23)19(28-9-11)32-29-3-4-30-32/h1-9,21H,(H,31,33). The number of hydrogen-bond donors (Lipinski definition) is 1. The number of amides is 1. The van der Waals surface area contributed by atoms with Gasteiger partial charge in [0, 0.05) is 17.2 Å². The molecule has 1 N–H and O–H groups in total. The minimum absolute atomic E-state index is 0.129. The molecule has 34 heavy (non-hydrogen) atoms. The van der Waals surface area contributed by atoms with Crippen LogP contribution in [0.15, 0.2) is 55.0 Å². The third kappa shape index (κ3) is 4.95. The fraction of sp³-hybridized carbons (Fsp3) is 0.0476. The van der Waals surface area contributed by atoms with Crippen LogP contribution in [0.25, 0.3) is 16.9 Å². The van der Waals surface area contributed by atoms with Crippen LogP contribution < -0.4 is 10.1 Å². The van der Waals surface area contributed by atoms with E-state index in [2.05, 4.69) is 25.2 Å². The second-order valence-electron chi connectivity index (χ2n) is 6.63. The zero-order chi connectivity index (χ0) is 24.4. The summed E-state index contributed by atoms with van der Waals surface area (Å²) < 4.78 is 58.0. The zero-order valence-corrected chi connectivity index (χ0v) is 18.2. The molecule has 7 nitrogen and oxygen atoms in total. The third-order valence-corrected chi connectivity index (χ3v) is 5.03. The minimum atomic E-state index is -3.26. The van der Waals surface area contributed by atoms with Crippen molar-refractivity contribution in [3.63, 3.8) is 0 Å². The number of carbonyl (C=O) groups excluding carboxylic acids is 1. The lowest BCUT2D eigenvalue weighted by Crippen LogP contribution is -2.14. The van der Waals surface area contributed by atoms with Crippen LogP contribution in [0.1, 0.15) is 10.4 Å². The predicted molar refractivity (Wildman–Crippen MR) is 116 cm³/mol. The van der Waals surface area contributed by atoms with Crippen molar-refractivity contribution in [1.29, 1.82) is 0 Å². The number of carbonyl (C=O) groups is 1. The summed E-state index contributed by atoms with van der Waals surface area (Å²) in [6, 6.07) is 5.95. The maximum Gasteiger partial charge on any atom is 0.387 e. The van der Waals surface area contributed by atoms with Gasteiger partial charge in [0.1, 0.15) is 17.4 Å². The van der Waals surface area contributed by atoms with Gasteiger partial charge in [-0.15, -0.1) is 4.80 Å². The Morgan fingerprint density at radius 3 is 2.41 bits per heavy atom. The zero-order valence-electron chi connectivity index (χ0n) is 16.6. The highest BCUT2D eigenvalue weighted by atomic mass is 35.5. The lowest BCUT2D eigenvalue weighted by atomic mass is 10.0. The largest absolute Gasteiger partial charge is 0.434 e. The summed E-state index contributed by atoms with van der Waals surface area (Å²) in [5, 5.41) is 10.2. The molecule has 0 bridgehead atoms. The van der Waals surface area contributed by atoms with Crippen molar-refractivity contribution in [2.75, 3.05) is 5.32 Å². The molecule has 13 heteroatoms. The van der Waals surface area contributed by atoms with Gasteiger partial charge in [0.2, 0.25) is 0 Å². The number of hydrogen-bond acceptors (Lipinski definition) is 5. The minimum Gasteiger partial charge on any atom is -0.434 e. The van der Waals surface area contributed by atoms with Gasteiger partial charge < -0.3 is 10.1 Å². The molecule has 0 atom stereocenters. The molecule has 0 aliphatic rings. The molecule has 0 unspecified atom stereocenters. The van der Waals surface area contributed by atoms with Gasteiger partial charge in [-0.1, -0.05) is 23.2 Å². The quantitative estimate of drug-likeness (QED) is 0.332. The number of alkyl halides is 2.